The Labute approximate surface area is 175 Å². The third-order valence-corrected chi connectivity index (χ3v) is 5.31. The number of aryl methyl sites for hydroxylation is 1. The van der Waals surface area contributed by atoms with Crippen molar-refractivity contribution in [1.29, 1.82) is 0 Å². The highest BCUT2D eigenvalue weighted by molar-refractivity contribution is 5.45. The Morgan fingerprint density at radius 2 is 1.40 bits per heavy atom. The summed E-state index contributed by atoms with van der Waals surface area (Å²) in [5, 5.41) is 0. The van der Waals surface area contributed by atoms with E-state index in [0.29, 0.717) is 5.56 Å². The van der Waals surface area contributed by atoms with Crippen LogP contribution in [0.15, 0.2) is 72.8 Å². The van der Waals surface area contributed by atoms with Crippen LogP contribution in [-0.4, -0.2) is 11.4 Å². The molecule has 3 aromatic carbocycles. The van der Waals surface area contributed by atoms with E-state index >= 15 is 0 Å². The van der Waals surface area contributed by atoms with Gasteiger partial charge in [0, 0.05) is 24.2 Å². The molecular formula is C26H22F3N. The lowest BCUT2D eigenvalue weighted by molar-refractivity contribution is -0.137. The minimum atomic E-state index is -4.35. The van der Waals surface area contributed by atoms with Gasteiger partial charge in [0.25, 0.3) is 0 Å². The van der Waals surface area contributed by atoms with Gasteiger partial charge >= 0.3 is 6.18 Å². The molecule has 0 unspecified atom stereocenters. The van der Waals surface area contributed by atoms with Gasteiger partial charge in [-0.25, -0.2) is 0 Å². The maximum absolute atomic E-state index is 12.8. The minimum absolute atomic E-state index is 0.365. The van der Waals surface area contributed by atoms with E-state index in [1.165, 1.54) is 22.8 Å². The lowest BCUT2D eigenvalue weighted by Gasteiger charge is -2.14. The van der Waals surface area contributed by atoms with Crippen LogP contribution >= 0.6 is 0 Å². The van der Waals surface area contributed by atoms with Crippen molar-refractivity contribution < 1.29 is 13.2 Å². The monoisotopic (exact) mass is 405 g/mol. The number of benzene rings is 3. The van der Waals surface area contributed by atoms with E-state index < -0.39 is 11.7 Å². The van der Waals surface area contributed by atoms with Crippen LogP contribution in [0, 0.1) is 11.8 Å². The quantitative estimate of drug-likeness (QED) is 0.478. The van der Waals surface area contributed by atoms with E-state index in [-0.39, 0.29) is 0 Å². The topological polar surface area (TPSA) is 3.24 Å². The van der Waals surface area contributed by atoms with Crippen molar-refractivity contribution in [3.63, 3.8) is 0 Å². The molecule has 4 heteroatoms. The Morgan fingerprint density at radius 1 is 0.767 bits per heavy atom. The Hall–Kier alpha value is -3.03. The van der Waals surface area contributed by atoms with Gasteiger partial charge in [-0.3, -0.25) is 4.90 Å². The number of halogens is 3. The largest absolute Gasteiger partial charge is 0.416 e. The first-order valence-electron chi connectivity index (χ1n) is 10.0. The number of nitrogens with zero attached hydrogens (tertiary/aromatic N) is 1. The van der Waals surface area contributed by atoms with Gasteiger partial charge in [0.05, 0.1) is 5.56 Å². The second-order valence-corrected chi connectivity index (χ2v) is 7.61. The predicted molar refractivity (Wildman–Crippen MR) is 113 cm³/mol. The van der Waals surface area contributed by atoms with Crippen LogP contribution in [0.5, 0.6) is 0 Å². The van der Waals surface area contributed by atoms with Crippen molar-refractivity contribution in [2.45, 2.75) is 32.1 Å². The van der Waals surface area contributed by atoms with Crippen LogP contribution in [0.25, 0.3) is 0 Å². The summed E-state index contributed by atoms with van der Waals surface area (Å²) in [5.41, 5.74) is 4.55. The van der Waals surface area contributed by atoms with Crippen molar-refractivity contribution in [3.8, 4) is 11.8 Å². The fraction of sp³-hybridized carbons (Fsp3) is 0.231. The molecule has 0 atom stereocenters. The predicted octanol–water partition coefficient (Wildman–Crippen LogP) is 6.05. The normalized spacial score (nSPS) is 13.6. The van der Waals surface area contributed by atoms with Gasteiger partial charge in [-0.2, -0.15) is 13.2 Å². The Balaban J connectivity index is 1.35. The van der Waals surface area contributed by atoms with Crippen LogP contribution in [-0.2, 0) is 25.7 Å². The molecule has 0 N–H and O–H groups in total. The number of hydrogen-bond donors (Lipinski definition) is 0. The van der Waals surface area contributed by atoms with E-state index in [9.17, 15) is 13.2 Å². The van der Waals surface area contributed by atoms with Gasteiger partial charge in [-0.05, 0) is 66.4 Å². The molecule has 0 fully saturated rings. The van der Waals surface area contributed by atoms with Gasteiger partial charge in [-0.15, -0.1) is 0 Å². The first kappa shape index (κ1) is 20.3. The average Bonchev–Trinajstić information content (AvgIpc) is 3.15. The van der Waals surface area contributed by atoms with E-state index in [1.807, 2.05) is 18.2 Å². The summed E-state index contributed by atoms with van der Waals surface area (Å²) in [5.74, 6) is 5.85. The molecule has 30 heavy (non-hydrogen) atoms. The second-order valence-electron chi connectivity index (χ2n) is 7.61. The molecule has 0 bridgehead atoms. The zero-order valence-corrected chi connectivity index (χ0v) is 16.5. The van der Waals surface area contributed by atoms with Gasteiger partial charge < -0.3 is 0 Å². The fourth-order valence-electron chi connectivity index (χ4n) is 3.79. The van der Waals surface area contributed by atoms with Gasteiger partial charge in [0.1, 0.15) is 0 Å². The SMILES string of the molecule is FC(F)(F)c1cccc(C#Cc2cccc(CCCN3Cc4ccccc4C3)c2)c1. The molecule has 1 nitrogen and oxygen atoms in total. The van der Waals surface area contributed by atoms with Gasteiger partial charge in [0.15, 0.2) is 0 Å². The Morgan fingerprint density at radius 3 is 2.07 bits per heavy atom. The van der Waals surface area contributed by atoms with Crippen molar-refractivity contribution in [2.75, 3.05) is 6.54 Å². The summed E-state index contributed by atoms with van der Waals surface area (Å²) in [7, 11) is 0. The lowest BCUT2D eigenvalue weighted by atomic mass is 10.1. The molecule has 152 valence electrons. The number of alkyl halides is 3. The molecule has 0 radical (unpaired) electrons. The first-order valence-corrected chi connectivity index (χ1v) is 10.0. The van der Waals surface area contributed by atoms with Gasteiger partial charge in [0.2, 0.25) is 0 Å². The number of hydrogen-bond acceptors (Lipinski definition) is 1. The maximum atomic E-state index is 12.8. The maximum Gasteiger partial charge on any atom is 0.416 e. The van der Waals surface area contributed by atoms with E-state index in [4.69, 9.17) is 0 Å². The standard InChI is InChI=1S/C26H22F3N/c27-26(28,29)25-12-4-8-22(17-25)14-13-21-7-3-6-20(16-21)9-5-15-30-18-23-10-1-2-11-24(23)19-30/h1-4,6-8,10-12,16-17H,5,9,15,18-19H2. The molecule has 3 aromatic rings. The average molecular weight is 405 g/mol. The summed E-state index contributed by atoms with van der Waals surface area (Å²) >= 11 is 0. The van der Waals surface area contributed by atoms with E-state index in [2.05, 4.69) is 47.1 Å². The van der Waals surface area contributed by atoms with Crippen molar-refractivity contribution in [2.24, 2.45) is 0 Å². The zero-order chi connectivity index (χ0) is 21.0. The molecule has 0 saturated carbocycles. The number of rotatable bonds is 4. The summed E-state index contributed by atoms with van der Waals surface area (Å²) < 4.78 is 38.5. The molecule has 0 aromatic heterocycles. The van der Waals surface area contributed by atoms with Crippen LogP contribution in [0.1, 0.15) is 39.8 Å². The van der Waals surface area contributed by atoms with Crippen molar-refractivity contribution in [3.05, 3.63) is 106 Å². The van der Waals surface area contributed by atoms with Crippen molar-refractivity contribution >= 4 is 0 Å². The van der Waals surface area contributed by atoms with E-state index in [0.717, 1.165) is 50.2 Å². The smallest absolute Gasteiger partial charge is 0.295 e. The summed E-state index contributed by atoms with van der Waals surface area (Å²) in [4.78, 5) is 2.46. The Kier molecular flexibility index (Phi) is 5.92. The molecule has 1 aliphatic rings. The molecule has 0 aliphatic carbocycles. The Bertz CT molecular complexity index is 1060. The molecule has 0 saturated heterocycles. The van der Waals surface area contributed by atoms with Crippen LogP contribution in [0.3, 0.4) is 0 Å². The lowest BCUT2D eigenvalue weighted by Crippen LogP contribution is -2.18. The summed E-state index contributed by atoms with van der Waals surface area (Å²) in [6.07, 6.45) is -2.35. The highest BCUT2D eigenvalue weighted by Crippen LogP contribution is 2.29. The third kappa shape index (κ3) is 5.11. The molecule has 1 aliphatic heterocycles. The zero-order valence-electron chi connectivity index (χ0n) is 16.5. The molecule has 4 rings (SSSR count). The van der Waals surface area contributed by atoms with Crippen LogP contribution in [0.4, 0.5) is 13.2 Å². The molecule has 1 heterocycles. The van der Waals surface area contributed by atoms with Gasteiger partial charge in [-0.1, -0.05) is 54.3 Å². The number of fused-ring (bicyclic) bond motifs is 1. The summed E-state index contributed by atoms with van der Waals surface area (Å²) in [6, 6.07) is 21.7. The fourth-order valence-corrected chi connectivity index (χ4v) is 3.79. The third-order valence-electron chi connectivity index (χ3n) is 5.31. The molecule has 0 amide bonds. The highest BCUT2D eigenvalue weighted by Gasteiger charge is 2.30. The molecule has 0 spiro atoms. The first-order chi connectivity index (χ1) is 14.5. The van der Waals surface area contributed by atoms with Crippen LogP contribution < -0.4 is 0 Å². The van der Waals surface area contributed by atoms with E-state index in [1.54, 1.807) is 6.07 Å². The van der Waals surface area contributed by atoms with Crippen LogP contribution in [0.2, 0.25) is 0 Å². The van der Waals surface area contributed by atoms with Crippen molar-refractivity contribution in [1.82, 2.24) is 4.90 Å². The minimum Gasteiger partial charge on any atom is -0.295 e. The highest BCUT2D eigenvalue weighted by atomic mass is 19.4. The molecular weight excluding hydrogens is 383 g/mol. The second kappa shape index (κ2) is 8.77. The summed E-state index contributed by atoms with van der Waals surface area (Å²) in [6.45, 7) is 3.06.